The lowest BCUT2D eigenvalue weighted by Gasteiger charge is -2.08. The molecule has 0 spiro atoms. The Labute approximate surface area is 120 Å². The van der Waals surface area contributed by atoms with E-state index in [9.17, 15) is 9.59 Å². The van der Waals surface area contributed by atoms with Crippen LogP contribution in [0.25, 0.3) is 11.3 Å². The molecule has 0 bridgehead atoms. The third-order valence-electron chi connectivity index (χ3n) is 3.57. The first kappa shape index (κ1) is 13.4. The number of aromatic nitrogens is 4. The summed E-state index contributed by atoms with van der Waals surface area (Å²) in [6.45, 7) is 4.24. The van der Waals surface area contributed by atoms with Crippen LogP contribution in [0, 0.1) is 0 Å². The van der Waals surface area contributed by atoms with E-state index in [0.29, 0.717) is 5.92 Å². The summed E-state index contributed by atoms with van der Waals surface area (Å²) in [6.07, 6.45) is 3.14. The molecule has 0 aliphatic rings. The SMILES string of the molecule is CC(C)c1ccc(-n2ccn3c(=O)n(C)nc3c2=O)cc1. The van der Waals surface area contributed by atoms with Gasteiger partial charge in [-0.05, 0) is 23.6 Å². The first-order valence-corrected chi connectivity index (χ1v) is 6.76. The van der Waals surface area contributed by atoms with Crippen LogP contribution in [-0.4, -0.2) is 18.7 Å². The Hall–Kier alpha value is -2.63. The molecule has 3 aromatic rings. The highest BCUT2D eigenvalue weighted by Gasteiger charge is 2.10. The molecule has 0 aliphatic heterocycles. The van der Waals surface area contributed by atoms with Gasteiger partial charge in [-0.1, -0.05) is 26.0 Å². The van der Waals surface area contributed by atoms with E-state index in [1.807, 2.05) is 24.3 Å². The monoisotopic (exact) mass is 284 g/mol. The molecule has 3 rings (SSSR count). The second kappa shape index (κ2) is 4.73. The van der Waals surface area contributed by atoms with E-state index < -0.39 is 0 Å². The lowest BCUT2D eigenvalue weighted by atomic mass is 10.0. The molecule has 0 fully saturated rings. The zero-order valence-corrected chi connectivity index (χ0v) is 12.1. The van der Waals surface area contributed by atoms with Crippen molar-refractivity contribution in [3.63, 3.8) is 0 Å². The minimum atomic E-state index is -0.329. The predicted octanol–water partition coefficient (Wildman–Crippen LogP) is 1.31. The number of aryl methyl sites for hydroxylation is 1. The second-order valence-corrected chi connectivity index (χ2v) is 5.32. The maximum absolute atomic E-state index is 12.4. The molecule has 0 atom stereocenters. The lowest BCUT2D eigenvalue weighted by molar-refractivity contribution is 0.732. The first-order valence-electron chi connectivity index (χ1n) is 6.76. The molecule has 21 heavy (non-hydrogen) atoms. The Balaban J connectivity index is 2.19. The van der Waals surface area contributed by atoms with Crippen LogP contribution in [0.3, 0.4) is 0 Å². The fourth-order valence-corrected chi connectivity index (χ4v) is 2.29. The number of hydrogen-bond donors (Lipinski definition) is 0. The zero-order chi connectivity index (χ0) is 15.1. The molecule has 0 unspecified atom stereocenters. The van der Waals surface area contributed by atoms with Crippen LogP contribution >= 0.6 is 0 Å². The summed E-state index contributed by atoms with van der Waals surface area (Å²) < 4.78 is 3.90. The third kappa shape index (κ3) is 2.08. The molecule has 2 heterocycles. The number of fused-ring (bicyclic) bond motifs is 1. The molecule has 1 aromatic carbocycles. The summed E-state index contributed by atoms with van der Waals surface area (Å²) >= 11 is 0. The fourth-order valence-electron chi connectivity index (χ4n) is 2.29. The van der Waals surface area contributed by atoms with Crippen LogP contribution in [-0.2, 0) is 7.05 Å². The summed E-state index contributed by atoms with van der Waals surface area (Å²) in [4.78, 5) is 24.2. The van der Waals surface area contributed by atoms with Crippen molar-refractivity contribution in [2.24, 2.45) is 7.05 Å². The van der Waals surface area contributed by atoms with E-state index in [1.165, 1.54) is 21.6 Å². The van der Waals surface area contributed by atoms with E-state index >= 15 is 0 Å². The highest BCUT2D eigenvalue weighted by atomic mass is 16.2. The Morgan fingerprint density at radius 1 is 1.05 bits per heavy atom. The van der Waals surface area contributed by atoms with Gasteiger partial charge in [-0.25, -0.2) is 13.9 Å². The molecule has 6 nitrogen and oxygen atoms in total. The molecule has 108 valence electrons. The first-order chi connectivity index (χ1) is 9.99. The van der Waals surface area contributed by atoms with Gasteiger partial charge in [0.25, 0.3) is 0 Å². The van der Waals surface area contributed by atoms with Gasteiger partial charge >= 0.3 is 11.2 Å². The van der Waals surface area contributed by atoms with Crippen LogP contribution in [0.2, 0.25) is 0 Å². The van der Waals surface area contributed by atoms with Crippen LogP contribution in [0.5, 0.6) is 0 Å². The van der Waals surface area contributed by atoms with Gasteiger partial charge in [0.1, 0.15) is 0 Å². The van der Waals surface area contributed by atoms with Crippen LogP contribution < -0.4 is 11.2 Å². The molecule has 0 radical (unpaired) electrons. The number of nitrogens with zero attached hydrogens (tertiary/aromatic N) is 4. The van der Waals surface area contributed by atoms with Crippen LogP contribution in [0.1, 0.15) is 25.3 Å². The summed E-state index contributed by atoms with van der Waals surface area (Å²) in [5.41, 5.74) is 1.45. The smallest absolute Gasteiger partial charge is 0.280 e. The van der Waals surface area contributed by atoms with Gasteiger partial charge in [-0.15, -0.1) is 5.10 Å². The number of benzene rings is 1. The van der Waals surface area contributed by atoms with Crippen molar-refractivity contribution in [1.29, 1.82) is 0 Å². The number of hydrogen-bond acceptors (Lipinski definition) is 3. The van der Waals surface area contributed by atoms with Gasteiger partial charge in [-0.3, -0.25) is 9.36 Å². The highest BCUT2D eigenvalue weighted by Crippen LogP contribution is 2.16. The molecule has 6 heteroatoms. The zero-order valence-electron chi connectivity index (χ0n) is 12.1. The van der Waals surface area contributed by atoms with Crippen LogP contribution in [0.4, 0.5) is 0 Å². The van der Waals surface area contributed by atoms with Gasteiger partial charge in [0.15, 0.2) is 0 Å². The molecule has 0 saturated carbocycles. The quantitative estimate of drug-likeness (QED) is 0.713. The topological polar surface area (TPSA) is 61.3 Å². The van der Waals surface area contributed by atoms with E-state index in [4.69, 9.17) is 0 Å². The Morgan fingerprint density at radius 3 is 2.33 bits per heavy atom. The van der Waals surface area contributed by atoms with Crippen molar-refractivity contribution >= 4 is 5.65 Å². The van der Waals surface area contributed by atoms with Crippen LogP contribution in [0.15, 0.2) is 46.2 Å². The summed E-state index contributed by atoms with van der Waals surface area (Å²) in [6, 6.07) is 7.80. The fraction of sp³-hybridized carbons (Fsp3) is 0.267. The van der Waals surface area contributed by atoms with E-state index in [1.54, 1.807) is 12.4 Å². The van der Waals surface area contributed by atoms with Gasteiger partial charge in [0.05, 0.1) is 0 Å². The minimum absolute atomic E-state index is 0.123. The van der Waals surface area contributed by atoms with Crippen molar-refractivity contribution in [3.05, 3.63) is 63.1 Å². The summed E-state index contributed by atoms with van der Waals surface area (Å²) in [5, 5.41) is 3.98. The molecule has 0 saturated heterocycles. The molecule has 0 N–H and O–H groups in total. The van der Waals surface area contributed by atoms with Gasteiger partial charge in [0, 0.05) is 25.1 Å². The average molecular weight is 284 g/mol. The van der Waals surface area contributed by atoms with Gasteiger partial charge < -0.3 is 0 Å². The van der Waals surface area contributed by atoms with Crippen molar-refractivity contribution in [1.82, 2.24) is 18.7 Å². The van der Waals surface area contributed by atoms with Crippen molar-refractivity contribution < 1.29 is 0 Å². The molecule has 0 aliphatic carbocycles. The lowest BCUT2D eigenvalue weighted by Crippen LogP contribution is -2.23. The summed E-state index contributed by atoms with van der Waals surface area (Å²) in [5.74, 6) is 0.438. The molecule has 0 amide bonds. The second-order valence-electron chi connectivity index (χ2n) is 5.32. The van der Waals surface area contributed by atoms with E-state index in [0.717, 1.165) is 10.4 Å². The molecular weight excluding hydrogens is 268 g/mol. The average Bonchev–Trinajstić information content (AvgIpc) is 2.76. The van der Waals surface area contributed by atoms with Crippen molar-refractivity contribution in [3.8, 4) is 5.69 Å². The Bertz CT molecular complexity index is 913. The summed E-state index contributed by atoms with van der Waals surface area (Å²) in [7, 11) is 1.52. The van der Waals surface area contributed by atoms with Gasteiger partial charge in [0.2, 0.25) is 5.65 Å². The maximum Gasteiger partial charge on any atom is 0.350 e. The molecule has 2 aromatic heterocycles. The normalized spacial score (nSPS) is 11.4. The maximum atomic E-state index is 12.4. The Kier molecular flexibility index (Phi) is 3.01. The highest BCUT2D eigenvalue weighted by molar-refractivity contribution is 5.41. The standard InChI is InChI=1S/C15H16N4O2/c1-10(2)11-4-6-12(7-5-11)18-8-9-19-13(14(18)20)16-17(3)15(19)21/h4-10H,1-3H3. The number of rotatable bonds is 2. The van der Waals surface area contributed by atoms with Crippen molar-refractivity contribution in [2.75, 3.05) is 0 Å². The predicted molar refractivity (Wildman–Crippen MR) is 80.1 cm³/mol. The Morgan fingerprint density at radius 2 is 1.71 bits per heavy atom. The molecular formula is C15H16N4O2. The van der Waals surface area contributed by atoms with E-state index in [-0.39, 0.29) is 16.9 Å². The largest absolute Gasteiger partial charge is 0.350 e. The minimum Gasteiger partial charge on any atom is -0.280 e. The third-order valence-corrected chi connectivity index (χ3v) is 3.57. The van der Waals surface area contributed by atoms with E-state index in [2.05, 4.69) is 18.9 Å². The van der Waals surface area contributed by atoms with Gasteiger partial charge in [-0.2, -0.15) is 0 Å². The van der Waals surface area contributed by atoms with Crippen molar-refractivity contribution in [2.45, 2.75) is 19.8 Å².